The van der Waals surface area contributed by atoms with Gasteiger partial charge in [-0.2, -0.15) is 0 Å². The van der Waals surface area contributed by atoms with Crippen LogP contribution in [0.4, 0.5) is 0 Å². The van der Waals surface area contributed by atoms with Gasteiger partial charge >= 0.3 is 11.9 Å². The van der Waals surface area contributed by atoms with Crippen molar-refractivity contribution in [2.24, 2.45) is 23.7 Å². The van der Waals surface area contributed by atoms with E-state index in [1.807, 2.05) is 20.8 Å². The molecule has 2 aliphatic carbocycles. The van der Waals surface area contributed by atoms with Crippen LogP contribution in [0.2, 0.25) is 0 Å². The number of amides is 10. The van der Waals surface area contributed by atoms with E-state index in [1.54, 1.807) is 20.8 Å². The molecule has 11 N–H and O–H groups in total. The van der Waals surface area contributed by atoms with Gasteiger partial charge in [-0.15, -0.1) is 0 Å². The van der Waals surface area contributed by atoms with Crippen LogP contribution in [0.15, 0.2) is 0 Å². The van der Waals surface area contributed by atoms with Crippen molar-refractivity contribution in [1.29, 1.82) is 0 Å². The first-order chi connectivity index (χ1) is 43.1. The van der Waals surface area contributed by atoms with Crippen LogP contribution in [-0.2, 0) is 71.8 Å². The van der Waals surface area contributed by atoms with Gasteiger partial charge in [-0.1, -0.05) is 92.9 Å². The number of esters is 2. The van der Waals surface area contributed by atoms with E-state index in [2.05, 4.69) is 53.2 Å². The van der Waals surface area contributed by atoms with E-state index in [1.165, 1.54) is 0 Å². The van der Waals surface area contributed by atoms with E-state index in [9.17, 15) is 67.4 Å². The molecule has 4 aliphatic rings. The standard InChI is InChI=1S/C32H55N5O8.C32H53N5O8/c2*1-4-12-23(28(40)32(44)34-20-26(39)45-19-5-2)35-30(42)24-16-9-10-18-33-25(38)17-11-13-21(3)29(41)37-27(31(43)36-24)22-14-7-6-8-15-22/h21-24,27-28,40H,4-20H2,1-3H3,(H,33,38)(H,34,44)(H,35,42)(H,36,43)(H,37,41);21-24,27H,4-20H2,1-3H3,(H,33,38)(H,34,44)(H,35,42)(H,36,43)(H,37,41)/t21-,23?,24-,27-,28?;21-,23?,24-,27-/m00/s1. The lowest BCUT2D eigenvalue weighted by molar-refractivity contribution is -0.146. The van der Waals surface area contributed by atoms with Crippen LogP contribution in [0.25, 0.3) is 0 Å². The molecule has 26 heteroatoms. The van der Waals surface area contributed by atoms with Gasteiger partial charge < -0.3 is 67.7 Å². The van der Waals surface area contributed by atoms with E-state index < -0.39 is 115 Å². The van der Waals surface area contributed by atoms with Gasteiger partial charge in [0.2, 0.25) is 53.0 Å². The predicted molar refractivity (Wildman–Crippen MR) is 334 cm³/mol. The molecular formula is C64H108N10O16. The molecule has 0 bridgehead atoms. The molecule has 9 atom stereocenters. The molecule has 2 heterocycles. The molecule has 0 aromatic rings. The fourth-order valence-electron chi connectivity index (χ4n) is 11.5. The summed E-state index contributed by atoms with van der Waals surface area (Å²) in [6.45, 7) is 11.2. The molecule has 2 saturated heterocycles. The third-order valence-corrected chi connectivity index (χ3v) is 16.9. The smallest absolute Gasteiger partial charge is 0.325 e. The molecule has 90 heavy (non-hydrogen) atoms. The van der Waals surface area contributed by atoms with Gasteiger partial charge in [-0.25, -0.2) is 0 Å². The molecule has 0 aromatic heterocycles. The molecule has 2 aliphatic heterocycles. The van der Waals surface area contributed by atoms with Crippen LogP contribution in [0.3, 0.4) is 0 Å². The highest BCUT2D eigenvalue weighted by molar-refractivity contribution is 6.38. The highest BCUT2D eigenvalue weighted by Gasteiger charge is 2.38. The zero-order valence-corrected chi connectivity index (χ0v) is 54.5. The zero-order chi connectivity index (χ0) is 66.4. The number of carbonyl (C=O) groups excluding carboxylic acids is 13. The van der Waals surface area contributed by atoms with Crippen molar-refractivity contribution in [3.05, 3.63) is 0 Å². The molecule has 4 rings (SSSR count). The molecule has 0 spiro atoms. The molecule has 10 amide bonds. The summed E-state index contributed by atoms with van der Waals surface area (Å²) in [6, 6.07) is -5.80. The Morgan fingerprint density at radius 1 is 0.489 bits per heavy atom. The number of hydrogen-bond donors (Lipinski definition) is 11. The number of ether oxygens (including phenoxy) is 2. The van der Waals surface area contributed by atoms with Crippen molar-refractivity contribution in [3.8, 4) is 0 Å². The highest BCUT2D eigenvalue weighted by atomic mass is 16.5. The maximum absolute atomic E-state index is 13.8. The predicted octanol–water partition coefficient (Wildman–Crippen LogP) is 2.92. The van der Waals surface area contributed by atoms with E-state index >= 15 is 0 Å². The number of rotatable bonds is 22. The van der Waals surface area contributed by atoms with E-state index in [-0.39, 0.29) is 80.3 Å². The van der Waals surface area contributed by atoms with Gasteiger partial charge in [0.15, 0.2) is 6.10 Å². The average molecular weight is 1270 g/mol. The van der Waals surface area contributed by atoms with Crippen molar-refractivity contribution in [3.63, 3.8) is 0 Å². The highest BCUT2D eigenvalue weighted by Crippen LogP contribution is 2.29. The topological polar surface area (TPSA) is 381 Å². The van der Waals surface area contributed by atoms with Gasteiger partial charge in [0.1, 0.15) is 37.3 Å². The van der Waals surface area contributed by atoms with E-state index in [4.69, 9.17) is 9.47 Å². The molecule has 26 nitrogen and oxygen atoms in total. The first kappa shape index (κ1) is 77.5. The van der Waals surface area contributed by atoms with Gasteiger partial charge in [0.25, 0.3) is 11.8 Å². The van der Waals surface area contributed by atoms with Crippen molar-refractivity contribution < 1.29 is 76.9 Å². The summed E-state index contributed by atoms with van der Waals surface area (Å²) in [6.07, 6.45) is 15.5. The largest absolute Gasteiger partial charge is 0.464 e. The minimum Gasteiger partial charge on any atom is -0.464 e. The molecule has 4 fully saturated rings. The summed E-state index contributed by atoms with van der Waals surface area (Å²) in [5, 5.41) is 38.1. The quantitative estimate of drug-likeness (QED) is 0.0548. The lowest BCUT2D eigenvalue weighted by atomic mass is 9.83. The lowest BCUT2D eigenvalue weighted by Gasteiger charge is -2.32. The van der Waals surface area contributed by atoms with Gasteiger partial charge in [0, 0.05) is 37.8 Å². The summed E-state index contributed by atoms with van der Waals surface area (Å²) in [5.41, 5.74) is 0. The first-order valence-electron chi connectivity index (χ1n) is 33.6. The minimum absolute atomic E-state index is 0.0642. The fourth-order valence-corrected chi connectivity index (χ4v) is 11.5. The van der Waals surface area contributed by atoms with Crippen LogP contribution in [-0.4, -0.2) is 164 Å². The SMILES string of the molecule is CCCOC(=O)CNC(=O)C(=O)C(CCC)NC(=O)[C@@H]1CCCCNC(=O)CCC[C@H](C)C(=O)N[C@@H](C2CCCCC2)C(=O)N1.CCCOC(=O)CNC(=O)C(O)C(CCC)NC(=O)[C@@H]1CCCCNC(=O)CCC[C@H](C)C(=O)N[C@@H](C2CCCCC2)C(=O)N1. The third-order valence-electron chi connectivity index (χ3n) is 16.9. The van der Waals surface area contributed by atoms with Crippen LogP contribution in [0.5, 0.6) is 0 Å². The summed E-state index contributed by atoms with van der Waals surface area (Å²) in [4.78, 5) is 167. The minimum atomic E-state index is -1.64. The third kappa shape index (κ3) is 29.5. The Bertz CT molecular complexity index is 2330. The van der Waals surface area contributed by atoms with Crippen molar-refractivity contribution in [2.75, 3.05) is 39.4 Å². The lowest BCUT2D eigenvalue weighted by Crippen LogP contribution is -2.59. The number of aliphatic hydroxyl groups is 1. The number of ketones is 1. The summed E-state index contributed by atoms with van der Waals surface area (Å²) >= 11 is 0. The summed E-state index contributed by atoms with van der Waals surface area (Å²) in [7, 11) is 0. The van der Waals surface area contributed by atoms with E-state index in [0.717, 1.165) is 64.2 Å². The zero-order valence-electron chi connectivity index (χ0n) is 54.5. The number of Topliss-reactive ketones (excluding diaryl/α,β-unsaturated/α-hetero) is 1. The maximum atomic E-state index is 13.8. The summed E-state index contributed by atoms with van der Waals surface area (Å²) in [5.74, 6) is -7.79. The molecule has 3 unspecified atom stereocenters. The molecular weight excluding hydrogens is 1160 g/mol. The number of hydrogen-bond acceptors (Lipinski definition) is 16. The second kappa shape index (κ2) is 43.9. The van der Waals surface area contributed by atoms with E-state index in [0.29, 0.717) is 103 Å². The Hall–Kier alpha value is -6.73. The van der Waals surface area contributed by atoms with Gasteiger partial charge in [0.05, 0.1) is 25.3 Å². The van der Waals surface area contributed by atoms with Crippen molar-refractivity contribution in [1.82, 2.24) is 53.2 Å². The fraction of sp³-hybridized carbons (Fsp3) is 0.797. The van der Waals surface area contributed by atoms with Crippen LogP contribution >= 0.6 is 0 Å². The maximum Gasteiger partial charge on any atom is 0.325 e. The number of nitrogens with one attached hydrogen (secondary N) is 10. The molecule has 2 saturated carbocycles. The molecule has 0 radical (unpaired) electrons. The second-order valence-corrected chi connectivity index (χ2v) is 24.6. The van der Waals surface area contributed by atoms with Crippen LogP contribution < -0.4 is 53.2 Å². The molecule has 0 aromatic carbocycles. The van der Waals surface area contributed by atoms with Crippen molar-refractivity contribution in [2.45, 2.75) is 264 Å². The second-order valence-electron chi connectivity index (χ2n) is 24.6. The Morgan fingerprint density at radius 2 is 0.911 bits per heavy atom. The number of aliphatic hydroxyl groups excluding tert-OH is 1. The van der Waals surface area contributed by atoms with Gasteiger partial charge in [-0.05, 0) is 127 Å². The van der Waals surface area contributed by atoms with Gasteiger partial charge in [-0.3, -0.25) is 62.3 Å². The Kier molecular flexibility index (Phi) is 37.8. The first-order valence-corrected chi connectivity index (χ1v) is 33.6. The Balaban J connectivity index is 0.000000470. The normalized spacial score (nSPS) is 23.9. The van der Waals surface area contributed by atoms with Crippen LogP contribution in [0, 0.1) is 23.7 Å². The van der Waals surface area contributed by atoms with Crippen LogP contribution in [0.1, 0.15) is 221 Å². The summed E-state index contributed by atoms with van der Waals surface area (Å²) < 4.78 is 9.86. The molecule has 510 valence electrons. The monoisotopic (exact) mass is 1270 g/mol. The Morgan fingerprint density at radius 3 is 1.34 bits per heavy atom. The average Bonchev–Trinajstić information content (AvgIpc) is 2.22. The Labute approximate surface area is 531 Å². The van der Waals surface area contributed by atoms with Crippen molar-refractivity contribution >= 4 is 76.8 Å². The number of carbonyl (C=O) groups is 13.